The molecule has 0 saturated carbocycles. The van der Waals surface area contributed by atoms with Crippen molar-refractivity contribution in [2.24, 2.45) is 5.92 Å². The predicted molar refractivity (Wildman–Crippen MR) is 101 cm³/mol. The molecule has 2 aromatic rings. The number of aliphatic carboxylic acids is 1. The number of carbonyl (C=O) groups is 2. The lowest BCUT2D eigenvalue weighted by molar-refractivity contribution is -0.142. The third kappa shape index (κ3) is 6.20. The summed E-state index contributed by atoms with van der Waals surface area (Å²) in [7, 11) is 0. The smallest absolute Gasteiger partial charge is 0.326 e. The average molecular weight is 373 g/mol. The van der Waals surface area contributed by atoms with Crippen LogP contribution >= 0.6 is 0 Å². The number of nitrogens with one attached hydrogen (secondary N) is 1. The van der Waals surface area contributed by atoms with E-state index in [1.54, 1.807) is 0 Å². The molecule has 0 bridgehead atoms. The number of benzene rings is 1. The third-order valence-corrected chi connectivity index (χ3v) is 4.21. The maximum Gasteiger partial charge on any atom is 0.326 e. The Morgan fingerprint density at radius 3 is 2.37 bits per heavy atom. The summed E-state index contributed by atoms with van der Waals surface area (Å²) in [5.74, 6) is 0.0783. The number of rotatable bonds is 9. The minimum Gasteiger partial charge on any atom is -0.480 e. The molecule has 0 aliphatic rings. The van der Waals surface area contributed by atoms with E-state index in [1.165, 1.54) is 5.56 Å². The molecule has 1 heterocycles. The van der Waals surface area contributed by atoms with Gasteiger partial charge in [-0.3, -0.25) is 4.79 Å². The summed E-state index contributed by atoms with van der Waals surface area (Å²) in [5, 5.41) is 15.7. The molecule has 0 fully saturated rings. The van der Waals surface area contributed by atoms with Crippen LogP contribution in [-0.2, 0) is 16.0 Å². The summed E-state index contributed by atoms with van der Waals surface area (Å²) < 4.78 is 5.21. The summed E-state index contributed by atoms with van der Waals surface area (Å²) in [4.78, 5) is 27.6. The minimum absolute atomic E-state index is 0.0931. The van der Waals surface area contributed by atoms with Crippen LogP contribution in [0.5, 0.6) is 0 Å². The van der Waals surface area contributed by atoms with Gasteiger partial charge in [-0.2, -0.15) is 4.98 Å². The molecule has 0 unspecified atom stereocenters. The highest BCUT2D eigenvalue weighted by atomic mass is 16.5. The van der Waals surface area contributed by atoms with Gasteiger partial charge in [0.1, 0.15) is 6.04 Å². The van der Waals surface area contributed by atoms with Crippen LogP contribution in [0.2, 0.25) is 0 Å². The number of carboxylic acid groups (broad SMARTS) is 1. The van der Waals surface area contributed by atoms with Gasteiger partial charge in [0.05, 0.1) is 0 Å². The molecule has 1 atom stereocenters. The van der Waals surface area contributed by atoms with Crippen molar-refractivity contribution in [2.45, 2.75) is 58.9 Å². The van der Waals surface area contributed by atoms with Crippen LogP contribution in [-0.4, -0.2) is 33.2 Å². The van der Waals surface area contributed by atoms with Crippen LogP contribution in [0.25, 0.3) is 11.4 Å². The van der Waals surface area contributed by atoms with Crippen LogP contribution in [0.15, 0.2) is 28.8 Å². The SMILES string of the molecule is CC(C)C[C@H](NC(=O)CCc1nc(-c2ccc(C(C)C)cc2)no1)C(=O)O. The van der Waals surface area contributed by atoms with Gasteiger partial charge < -0.3 is 14.9 Å². The van der Waals surface area contributed by atoms with Crippen molar-refractivity contribution in [3.8, 4) is 11.4 Å². The van der Waals surface area contributed by atoms with Gasteiger partial charge >= 0.3 is 5.97 Å². The molecule has 7 heteroatoms. The van der Waals surface area contributed by atoms with E-state index in [4.69, 9.17) is 4.52 Å². The zero-order chi connectivity index (χ0) is 20.0. The van der Waals surface area contributed by atoms with E-state index in [2.05, 4.69) is 29.3 Å². The van der Waals surface area contributed by atoms with Gasteiger partial charge in [0, 0.05) is 18.4 Å². The van der Waals surface area contributed by atoms with E-state index in [0.717, 1.165) is 5.56 Å². The molecule has 27 heavy (non-hydrogen) atoms. The van der Waals surface area contributed by atoms with Crippen molar-refractivity contribution in [1.82, 2.24) is 15.5 Å². The maximum atomic E-state index is 12.0. The average Bonchev–Trinajstić information content (AvgIpc) is 3.08. The molecule has 0 aliphatic heterocycles. The van der Waals surface area contributed by atoms with Crippen LogP contribution < -0.4 is 5.32 Å². The van der Waals surface area contributed by atoms with E-state index < -0.39 is 12.0 Å². The normalized spacial score (nSPS) is 12.4. The molecule has 1 amide bonds. The highest BCUT2D eigenvalue weighted by Gasteiger charge is 2.21. The molecule has 0 spiro atoms. The fourth-order valence-electron chi connectivity index (χ4n) is 2.67. The van der Waals surface area contributed by atoms with Gasteiger partial charge in [0.25, 0.3) is 0 Å². The van der Waals surface area contributed by atoms with Gasteiger partial charge in [-0.1, -0.05) is 57.1 Å². The molecule has 2 rings (SSSR count). The Morgan fingerprint density at radius 1 is 1.15 bits per heavy atom. The zero-order valence-electron chi connectivity index (χ0n) is 16.2. The summed E-state index contributed by atoms with van der Waals surface area (Å²) in [6, 6.07) is 7.07. The topological polar surface area (TPSA) is 105 Å². The molecule has 146 valence electrons. The van der Waals surface area contributed by atoms with Gasteiger partial charge in [-0.05, 0) is 23.8 Å². The first kappa shape index (κ1) is 20.6. The highest BCUT2D eigenvalue weighted by Crippen LogP contribution is 2.20. The van der Waals surface area contributed by atoms with Gasteiger partial charge in [0.2, 0.25) is 17.6 Å². The molecular weight excluding hydrogens is 346 g/mol. The maximum absolute atomic E-state index is 12.0. The molecule has 1 aromatic carbocycles. The molecular formula is C20H27N3O4. The van der Waals surface area contributed by atoms with Gasteiger partial charge in [0.15, 0.2) is 0 Å². The second kappa shape index (κ2) is 9.30. The van der Waals surface area contributed by atoms with Crippen molar-refractivity contribution < 1.29 is 19.2 Å². The predicted octanol–water partition coefficient (Wildman–Crippen LogP) is 3.41. The van der Waals surface area contributed by atoms with E-state index in [-0.39, 0.29) is 24.7 Å². The number of carboxylic acids is 1. The number of aromatic nitrogens is 2. The number of aryl methyl sites for hydroxylation is 1. The fourth-order valence-corrected chi connectivity index (χ4v) is 2.67. The highest BCUT2D eigenvalue weighted by molar-refractivity contribution is 5.83. The minimum atomic E-state index is -1.03. The first-order valence-electron chi connectivity index (χ1n) is 9.21. The first-order chi connectivity index (χ1) is 12.8. The van der Waals surface area contributed by atoms with E-state index in [1.807, 2.05) is 38.1 Å². The van der Waals surface area contributed by atoms with E-state index >= 15 is 0 Å². The van der Waals surface area contributed by atoms with Crippen molar-refractivity contribution in [2.75, 3.05) is 0 Å². The summed E-state index contributed by atoms with van der Waals surface area (Å²) >= 11 is 0. The van der Waals surface area contributed by atoms with Crippen molar-refractivity contribution in [1.29, 1.82) is 0 Å². The number of hydrogen-bond donors (Lipinski definition) is 2. The second-order valence-corrected chi connectivity index (χ2v) is 7.38. The number of carbonyl (C=O) groups excluding carboxylic acids is 1. The summed E-state index contributed by atoms with van der Waals surface area (Å²) in [5.41, 5.74) is 2.08. The molecule has 0 aliphatic carbocycles. The summed E-state index contributed by atoms with van der Waals surface area (Å²) in [6.07, 6.45) is 0.741. The molecule has 7 nitrogen and oxygen atoms in total. The quantitative estimate of drug-likeness (QED) is 0.698. The molecule has 0 radical (unpaired) electrons. The summed E-state index contributed by atoms with van der Waals surface area (Å²) in [6.45, 7) is 8.08. The number of amides is 1. The molecule has 0 saturated heterocycles. The zero-order valence-corrected chi connectivity index (χ0v) is 16.2. The van der Waals surface area contributed by atoms with E-state index in [9.17, 15) is 14.7 Å². The van der Waals surface area contributed by atoms with Crippen molar-refractivity contribution in [3.05, 3.63) is 35.7 Å². The molecule has 1 aromatic heterocycles. The lowest BCUT2D eigenvalue weighted by Gasteiger charge is -2.16. The van der Waals surface area contributed by atoms with Crippen molar-refractivity contribution in [3.63, 3.8) is 0 Å². The Labute approximate surface area is 159 Å². The lowest BCUT2D eigenvalue weighted by Crippen LogP contribution is -2.41. The Balaban J connectivity index is 1.91. The van der Waals surface area contributed by atoms with Gasteiger partial charge in [-0.15, -0.1) is 0 Å². The van der Waals surface area contributed by atoms with Crippen LogP contribution in [0.3, 0.4) is 0 Å². The number of hydrogen-bond acceptors (Lipinski definition) is 5. The van der Waals surface area contributed by atoms with Crippen molar-refractivity contribution >= 4 is 11.9 Å². The standard InChI is InChI=1S/C20H27N3O4/c1-12(2)11-16(20(25)26)21-17(24)9-10-18-22-19(23-27-18)15-7-5-14(6-8-15)13(3)4/h5-8,12-13,16H,9-11H2,1-4H3,(H,21,24)(H,25,26)/t16-/m0/s1. The Kier molecular flexibility index (Phi) is 7.10. The van der Waals surface area contributed by atoms with Crippen LogP contribution in [0, 0.1) is 5.92 Å². The number of nitrogens with zero attached hydrogens (tertiary/aromatic N) is 2. The Hall–Kier alpha value is -2.70. The molecule has 2 N–H and O–H groups in total. The largest absolute Gasteiger partial charge is 0.480 e. The van der Waals surface area contributed by atoms with Crippen LogP contribution in [0.1, 0.15) is 57.9 Å². The fraction of sp³-hybridized carbons (Fsp3) is 0.500. The lowest BCUT2D eigenvalue weighted by atomic mass is 10.0. The Morgan fingerprint density at radius 2 is 1.81 bits per heavy atom. The van der Waals surface area contributed by atoms with Crippen LogP contribution in [0.4, 0.5) is 0 Å². The first-order valence-corrected chi connectivity index (χ1v) is 9.21. The third-order valence-electron chi connectivity index (χ3n) is 4.21. The Bertz CT molecular complexity index is 766. The van der Waals surface area contributed by atoms with Gasteiger partial charge in [-0.25, -0.2) is 4.79 Å². The van der Waals surface area contributed by atoms with E-state index in [0.29, 0.717) is 24.1 Å². The second-order valence-electron chi connectivity index (χ2n) is 7.38. The monoisotopic (exact) mass is 373 g/mol.